The van der Waals surface area contributed by atoms with E-state index in [-0.39, 0.29) is 0 Å². The molecule has 0 atom stereocenters. The number of rotatable bonds is 0. The van der Waals surface area contributed by atoms with Gasteiger partial charge in [-0.25, -0.2) is 28.8 Å². The molecule has 0 rings (SSSR count). The van der Waals surface area contributed by atoms with Crippen LogP contribution in [0.3, 0.4) is 0 Å². The molecule has 22 heavy (non-hydrogen) atoms. The zero-order chi connectivity index (χ0) is 19.0. The second kappa shape index (κ2) is 15.9. The van der Waals surface area contributed by atoms with Crippen molar-refractivity contribution >= 4 is 44.1 Å². The fraction of sp³-hybridized carbons (Fsp3) is 0. The van der Waals surface area contributed by atoms with Crippen molar-refractivity contribution in [2.24, 2.45) is 0 Å². The molecular weight excluding hydrogens is 343 g/mol. The lowest BCUT2D eigenvalue weighted by molar-refractivity contribution is -0.159. The summed E-state index contributed by atoms with van der Waals surface area (Å²) in [6.07, 6.45) is 0. The third-order valence-corrected chi connectivity index (χ3v) is 0.549. The fourth-order valence-corrected chi connectivity index (χ4v) is 0. The summed E-state index contributed by atoms with van der Waals surface area (Å²) >= 11 is 0. The number of carboxylic acid groups (broad SMARTS) is 6. The van der Waals surface area contributed by atoms with Gasteiger partial charge in [-0.15, -0.1) is 9.79 Å². The standard InChI is InChI=1S/3C2H2O4.HO3P/c3*3-1(4)2(5)6;1-4(2)3/h3*(H,3,4)(H,5,6);(H-,1,2,3)/p+1. The summed E-state index contributed by atoms with van der Waals surface area (Å²) in [5.41, 5.74) is 0. The summed E-state index contributed by atoms with van der Waals surface area (Å²) in [6, 6.07) is 0. The molecule has 0 unspecified atom stereocenters. The Hall–Kier alpha value is -3.16. The summed E-state index contributed by atoms with van der Waals surface area (Å²) < 4.78 is 8.70. The zero-order valence-corrected chi connectivity index (χ0v) is 10.8. The second-order valence-corrected chi connectivity index (χ2v) is 2.59. The molecule has 0 spiro atoms. The van der Waals surface area contributed by atoms with Gasteiger partial charge in [0.05, 0.1) is 0 Å². The van der Waals surface area contributed by atoms with Gasteiger partial charge in [0, 0.05) is 4.57 Å². The van der Waals surface area contributed by atoms with Gasteiger partial charge < -0.3 is 30.6 Å². The molecule has 16 heteroatoms. The van der Waals surface area contributed by atoms with Crippen LogP contribution in [-0.4, -0.2) is 76.2 Å². The Labute approximate surface area is 119 Å². The maximum absolute atomic E-state index is 9.10. The Morgan fingerprint density at radius 3 is 0.500 bits per heavy atom. The van der Waals surface area contributed by atoms with Gasteiger partial charge in [0.2, 0.25) is 0 Å². The zero-order valence-electron chi connectivity index (χ0n) is 9.88. The molecule has 0 radical (unpaired) electrons. The van der Waals surface area contributed by atoms with Crippen LogP contribution in [0.5, 0.6) is 0 Å². The van der Waals surface area contributed by atoms with E-state index in [0.29, 0.717) is 0 Å². The van der Waals surface area contributed by atoms with Gasteiger partial charge in [0.15, 0.2) is 0 Å². The van der Waals surface area contributed by atoms with E-state index in [1.54, 1.807) is 0 Å². The van der Waals surface area contributed by atoms with Gasteiger partial charge >= 0.3 is 44.1 Å². The van der Waals surface area contributed by atoms with Crippen LogP contribution in [0.1, 0.15) is 0 Å². The third kappa shape index (κ3) is 54.1. The van der Waals surface area contributed by atoms with Crippen LogP contribution in [0, 0.1) is 0 Å². The molecule has 0 aromatic carbocycles. The first-order valence-corrected chi connectivity index (χ1v) is 5.06. The predicted molar refractivity (Wildman–Crippen MR) is 57.9 cm³/mol. The average molecular weight is 351 g/mol. The molecule has 0 aliphatic rings. The minimum Gasteiger partial charge on any atom is -0.473 e. The lowest BCUT2D eigenvalue weighted by atomic mass is 10.7. The maximum atomic E-state index is 9.10. The van der Waals surface area contributed by atoms with E-state index < -0.39 is 44.1 Å². The van der Waals surface area contributed by atoms with Crippen molar-refractivity contribution in [3.63, 3.8) is 0 Å². The lowest BCUT2D eigenvalue weighted by Crippen LogP contribution is -2.09. The van der Waals surface area contributed by atoms with Crippen LogP contribution in [-0.2, 0) is 33.3 Å². The molecule has 8 N–H and O–H groups in total. The Morgan fingerprint density at radius 1 is 0.455 bits per heavy atom. The molecule has 0 amide bonds. The fourth-order valence-electron chi connectivity index (χ4n) is 0. The highest BCUT2D eigenvalue weighted by atomic mass is 31.1. The van der Waals surface area contributed by atoms with Crippen LogP contribution in [0.15, 0.2) is 0 Å². The van der Waals surface area contributed by atoms with E-state index in [1.807, 2.05) is 0 Å². The molecule has 0 saturated carbocycles. The quantitative estimate of drug-likeness (QED) is 0.160. The van der Waals surface area contributed by atoms with Gasteiger partial charge in [-0.2, -0.15) is 0 Å². The maximum Gasteiger partial charge on any atom is 0.692 e. The molecule has 0 fully saturated rings. The van der Waals surface area contributed by atoms with Crippen LogP contribution in [0.25, 0.3) is 0 Å². The van der Waals surface area contributed by atoms with Gasteiger partial charge in [-0.3, -0.25) is 0 Å². The van der Waals surface area contributed by atoms with Crippen molar-refractivity contribution < 1.29 is 73.8 Å². The van der Waals surface area contributed by atoms with E-state index in [4.69, 9.17) is 73.8 Å². The van der Waals surface area contributed by atoms with Gasteiger partial charge in [-0.1, -0.05) is 0 Å². The minimum atomic E-state index is -2.87. The SMILES string of the molecule is O=C(O)C(=O)O.O=C(O)C(=O)O.O=C(O)C(=O)O.O=[P+](O)O. The second-order valence-electron chi connectivity index (χ2n) is 2.08. The Balaban J connectivity index is -0.0000000994. The number of aliphatic carboxylic acids is 6. The molecule has 0 aromatic heterocycles. The lowest BCUT2D eigenvalue weighted by Gasteiger charge is -1.72. The van der Waals surface area contributed by atoms with E-state index in [0.717, 1.165) is 0 Å². The van der Waals surface area contributed by atoms with Gasteiger partial charge in [0.1, 0.15) is 0 Å². The highest BCUT2D eigenvalue weighted by Gasteiger charge is 2.04. The van der Waals surface area contributed by atoms with Crippen molar-refractivity contribution in [1.29, 1.82) is 0 Å². The van der Waals surface area contributed by atoms with Crippen LogP contribution >= 0.6 is 8.25 Å². The topological polar surface area (TPSA) is 281 Å². The van der Waals surface area contributed by atoms with E-state index in [2.05, 4.69) is 0 Å². The molecule has 0 saturated heterocycles. The van der Waals surface area contributed by atoms with E-state index in [9.17, 15) is 0 Å². The number of carboxylic acids is 6. The van der Waals surface area contributed by atoms with Crippen LogP contribution in [0.4, 0.5) is 0 Å². The van der Waals surface area contributed by atoms with Crippen molar-refractivity contribution in [3.05, 3.63) is 0 Å². The highest BCUT2D eigenvalue weighted by Crippen LogP contribution is 1.98. The molecular formula is C6H8O15P+. The van der Waals surface area contributed by atoms with E-state index >= 15 is 0 Å². The van der Waals surface area contributed by atoms with Crippen LogP contribution < -0.4 is 0 Å². The molecule has 15 nitrogen and oxygen atoms in total. The van der Waals surface area contributed by atoms with Gasteiger partial charge in [-0.05, 0) is 0 Å². The Kier molecular flexibility index (Phi) is 19.7. The van der Waals surface area contributed by atoms with Crippen molar-refractivity contribution in [3.8, 4) is 0 Å². The van der Waals surface area contributed by atoms with Crippen molar-refractivity contribution in [2.45, 2.75) is 0 Å². The summed E-state index contributed by atoms with van der Waals surface area (Å²) in [4.78, 5) is 68.8. The van der Waals surface area contributed by atoms with Crippen LogP contribution in [0.2, 0.25) is 0 Å². The van der Waals surface area contributed by atoms with Crippen molar-refractivity contribution in [1.82, 2.24) is 0 Å². The summed E-state index contributed by atoms with van der Waals surface area (Å²) in [5, 5.41) is 44.3. The molecule has 0 heterocycles. The Bertz CT molecular complexity index is 352. The third-order valence-electron chi connectivity index (χ3n) is 0.549. The highest BCUT2D eigenvalue weighted by molar-refractivity contribution is 7.30. The normalized spacial score (nSPS) is 7.18. The largest absolute Gasteiger partial charge is 0.692 e. The van der Waals surface area contributed by atoms with E-state index in [1.165, 1.54) is 0 Å². The summed E-state index contributed by atoms with van der Waals surface area (Å²) in [7, 11) is -2.87. The molecule has 0 aliphatic heterocycles. The minimum absolute atomic E-state index is 1.82. The molecule has 0 bridgehead atoms. The smallest absolute Gasteiger partial charge is 0.473 e. The first-order valence-electron chi connectivity index (χ1n) is 3.90. The summed E-state index contributed by atoms with van der Waals surface area (Å²) in [5.74, 6) is -10.9. The number of hydrogen-bond acceptors (Lipinski definition) is 7. The first kappa shape index (κ1) is 27.2. The molecule has 0 aliphatic carbocycles. The Morgan fingerprint density at radius 2 is 0.500 bits per heavy atom. The monoisotopic (exact) mass is 351 g/mol. The summed E-state index contributed by atoms with van der Waals surface area (Å²) in [6.45, 7) is 0. The number of hydrogen-bond donors (Lipinski definition) is 8. The van der Waals surface area contributed by atoms with Crippen molar-refractivity contribution in [2.75, 3.05) is 0 Å². The predicted octanol–water partition coefficient (Wildman–Crippen LogP) is -2.90. The van der Waals surface area contributed by atoms with Gasteiger partial charge in [0.25, 0.3) is 0 Å². The first-order chi connectivity index (χ1) is 9.66. The molecule has 126 valence electrons. The average Bonchev–Trinajstić information content (AvgIpc) is 2.29. The number of carbonyl (C=O) groups is 6. The molecule has 0 aromatic rings.